The molecule has 8 heteroatoms. The Morgan fingerprint density at radius 1 is 1.13 bits per heavy atom. The second-order valence-corrected chi connectivity index (χ2v) is 7.06. The fourth-order valence-electron chi connectivity index (χ4n) is 3.01. The van der Waals surface area contributed by atoms with Crippen molar-refractivity contribution in [1.82, 2.24) is 10.3 Å². The van der Waals surface area contributed by atoms with Crippen molar-refractivity contribution in [2.45, 2.75) is 45.6 Å². The Hall–Kier alpha value is -2.64. The van der Waals surface area contributed by atoms with E-state index in [1.54, 1.807) is 20.0 Å². The highest BCUT2D eigenvalue weighted by Crippen LogP contribution is 2.21. The fourth-order valence-corrected chi connectivity index (χ4v) is 3.01. The Balaban J connectivity index is 0.00000480. The lowest BCUT2D eigenvalue weighted by Gasteiger charge is -2.18. The molecule has 2 rings (SSSR count). The molecule has 0 saturated heterocycles. The first-order valence-electron chi connectivity index (χ1n) is 10.4. The number of carboxylic acids is 1. The molecular weight excluding hydrogens is 418 g/mol. The normalized spacial score (nSPS) is 11.3. The maximum atomic E-state index is 12.3. The number of urea groups is 1. The van der Waals surface area contributed by atoms with Gasteiger partial charge in [-0.2, -0.15) is 0 Å². The van der Waals surface area contributed by atoms with Gasteiger partial charge in [0.1, 0.15) is 5.82 Å². The number of aromatic nitrogens is 1. The van der Waals surface area contributed by atoms with Gasteiger partial charge in [0.2, 0.25) is 0 Å². The molecule has 0 radical (unpaired) electrons. The Morgan fingerprint density at radius 3 is 2.45 bits per heavy atom. The zero-order chi connectivity index (χ0) is 21.9. The Labute approximate surface area is 190 Å². The smallest absolute Gasteiger partial charge is 0.333 e. The molecule has 0 aliphatic rings. The summed E-state index contributed by atoms with van der Waals surface area (Å²) in [6.07, 6.45) is 2.61. The third kappa shape index (κ3) is 8.19. The van der Waals surface area contributed by atoms with Gasteiger partial charge in [-0.25, -0.2) is 14.6 Å². The van der Waals surface area contributed by atoms with Crippen LogP contribution in [0, 0.1) is 0 Å². The van der Waals surface area contributed by atoms with E-state index in [1.165, 1.54) is 4.90 Å². The molecule has 2 amide bonds. The Kier molecular flexibility index (Phi) is 11.6. The number of carbonyl (C=O) groups excluding carboxylic acids is 1. The summed E-state index contributed by atoms with van der Waals surface area (Å²) in [6.45, 7) is 4.91. The quantitative estimate of drug-likeness (QED) is 0.491. The molecule has 31 heavy (non-hydrogen) atoms. The van der Waals surface area contributed by atoms with Gasteiger partial charge in [0.15, 0.2) is 6.10 Å². The van der Waals surface area contributed by atoms with Crippen molar-refractivity contribution in [1.29, 1.82) is 0 Å². The van der Waals surface area contributed by atoms with Crippen molar-refractivity contribution in [2.24, 2.45) is 0 Å². The van der Waals surface area contributed by atoms with Gasteiger partial charge < -0.3 is 15.2 Å². The fraction of sp³-hybridized carbons (Fsp3) is 0.435. The summed E-state index contributed by atoms with van der Waals surface area (Å²) in [5, 5.41) is 12.1. The minimum atomic E-state index is -0.966. The standard InChI is InChI=1S/C23H31N3O4.ClH/c1-4-6-7-15-24-23(29)26(3)21-10-8-9-19(25-21)18-13-11-17(12-14-18)16-20(22(27)28)30-5-2;/h8-14,20H,4-7,15-16H2,1-3H3,(H,24,29)(H,27,28);1H/t20-;/m0./s1. The number of pyridine rings is 1. The molecule has 2 aromatic rings. The van der Waals surface area contributed by atoms with Crippen LogP contribution in [0.3, 0.4) is 0 Å². The van der Waals surface area contributed by atoms with Gasteiger partial charge in [0.05, 0.1) is 5.69 Å². The van der Waals surface area contributed by atoms with E-state index >= 15 is 0 Å². The third-order valence-electron chi connectivity index (χ3n) is 4.75. The number of nitrogens with one attached hydrogen (secondary N) is 1. The molecule has 7 nitrogen and oxygen atoms in total. The van der Waals surface area contributed by atoms with Gasteiger partial charge in [-0.05, 0) is 31.0 Å². The van der Waals surface area contributed by atoms with Crippen LogP contribution in [-0.4, -0.2) is 48.4 Å². The van der Waals surface area contributed by atoms with E-state index in [9.17, 15) is 14.7 Å². The molecule has 2 N–H and O–H groups in total. The van der Waals surface area contributed by atoms with Crippen LogP contribution in [0.15, 0.2) is 42.5 Å². The number of amides is 2. The minimum Gasteiger partial charge on any atom is -0.479 e. The van der Waals surface area contributed by atoms with E-state index in [0.717, 1.165) is 36.1 Å². The minimum absolute atomic E-state index is 0. The second-order valence-electron chi connectivity index (χ2n) is 7.06. The number of ether oxygens (including phenoxy) is 1. The lowest BCUT2D eigenvalue weighted by molar-refractivity contribution is -0.149. The molecule has 0 aliphatic heterocycles. The number of benzene rings is 1. The van der Waals surface area contributed by atoms with Crippen molar-refractivity contribution in [2.75, 3.05) is 25.1 Å². The van der Waals surface area contributed by atoms with Gasteiger partial charge in [-0.1, -0.05) is 50.1 Å². The molecule has 0 fully saturated rings. The number of unbranched alkanes of at least 4 members (excludes halogenated alkanes) is 2. The third-order valence-corrected chi connectivity index (χ3v) is 4.75. The molecule has 0 aliphatic carbocycles. The predicted molar refractivity (Wildman–Crippen MR) is 125 cm³/mol. The summed E-state index contributed by atoms with van der Waals surface area (Å²) in [7, 11) is 1.70. The molecule has 0 bridgehead atoms. The zero-order valence-corrected chi connectivity index (χ0v) is 19.2. The first-order valence-corrected chi connectivity index (χ1v) is 10.4. The number of hydrogen-bond donors (Lipinski definition) is 2. The summed E-state index contributed by atoms with van der Waals surface area (Å²) in [5.41, 5.74) is 2.50. The second kappa shape index (κ2) is 13.6. The highest BCUT2D eigenvalue weighted by atomic mass is 35.5. The average molecular weight is 450 g/mol. The van der Waals surface area contributed by atoms with Crippen LogP contribution < -0.4 is 10.2 Å². The first-order chi connectivity index (χ1) is 14.5. The summed E-state index contributed by atoms with van der Waals surface area (Å²) in [4.78, 5) is 29.7. The predicted octanol–water partition coefficient (Wildman–Crippen LogP) is 4.54. The van der Waals surface area contributed by atoms with Crippen molar-refractivity contribution in [3.8, 4) is 11.3 Å². The molecule has 1 aromatic heterocycles. The maximum Gasteiger partial charge on any atom is 0.333 e. The SMILES string of the molecule is CCCCCNC(=O)N(C)c1cccc(-c2ccc(C[C@H](OCC)C(=O)O)cc2)n1.Cl. The van der Waals surface area contributed by atoms with Gasteiger partial charge >= 0.3 is 12.0 Å². The topological polar surface area (TPSA) is 91.8 Å². The number of hydrogen-bond acceptors (Lipinski definition) is 4. The molecule has 0 spiro atoms. The average Bonchev–Trinajstić information content (AvgIpc) is 2.76. The number of nitrogens with zero attached hydrogens (tertiary/aromatic N) is 2. The number of rotatable bonds is 11. The van der Waals surface area contributed by atoms with Gasteiger partial charge in [0, 0.05) is 32.2 Å². The molecule has 1 atom stereocenters. The van der Waals surface area contributed by atoms with Crippen molar-refractivity contribution < 1.29 is 19.4 Å². The van der Waals surface area contributed by atoms with E-state index in [0.29, 0.717) is 25.4 Å². The molecule has 1 heterocycles. The Bertz CT molecular complexity index is 830. The molecule has 0 saturated carbocycles. The lowest BCUT2D eigenvalue weighted by atomic mass is 10.0. The zero-order valence-electron chi connectivity index (χ0n) is 18.3. The number of anilines is 1. The first kappa shape index (κ1) is 26.4. The summed E-state index contributed by atoms with van der Waals surface area (Å²) in [5.74, 6) is -0.404. The van der Waals surface area contributed by atoms with Crippen LogP contribution in [-0.2, 0) is 16.0 Å². The summed E-state index contributed by atoms with van der Waals surface area (Å²) >= 11 is 0. The number of halogens is 1. The van der Waals surface area contributed by atoms with E-state index in [-0.39, 0.29) is 18.4 Å². The van der Waals surface area contributed by atoms with Crippen molar-refractivity contribution in [3.63, 3.8) is 0 Å². The molecule has 0 unspecified atom stereocenters. The Morgan fingerprint density at radius 2 is 1.84 bits per heavy atom. The number of carbonyl (C=O) groups is 2. The van der Waals surface area contributed by atoms with E-state index < -0.39 is 12.1 Å². The highest BCUT2D eigenvalue weighted by molar-refractivity contribution is 5.90. The maximum absolute atomic E-state index is 12.3. The summed E-state index contributed by atoms with van der Waals surface area (Å²) < 4.78 is 5.27. The number of carboxylic acid groups (broad SMARTS) is 1. The van der Waals surface area contributed by atoms with E-state index in [4.69, 9.17) is 4.74 Å². The van der Waals surface area contributed by atoms with Crippen LogP contribution in [0.5, 0.6) is 0 Å². The van der Waals surface area contributed by atoms with E-state index in [2.05, 4.69) is 17.2 Å². The van der Waals surface area contributed by atoms with Gasteiger partial charge in [0.25, 0.3) is 0 Å². The van der Waals surface area contributed by atoms with Crippen LogP contribution in [0.2, 0.25) is 0 Å². The molecule has 1 aromatic carbocycles. The van der Waals surface area contributed by atoms with Gasteiger partial charge in [-0.3, -0.25) is 4.90 Å². The monoisotopic (exact) mass is 449 g/mol. The van der Waals surface area contributed by atoms with Crippen LogP contribution in [0.4, 0.5) is 10.6 Å². The highest BCUT2D eigenvalue weighted by Gasteiger charge is 2.18. The van der Waals surface area contributed by atoms with Crippen molar-refractivity contribution >= 4 is 30.2 Å². The van der Waals surface area contributed by atoms with E-state index in [1.807, 2.05) is 36.4 Å². The molecular formula is C23H32ClN3O4. The lowest BCUT2D eigenvalue weighted by Crippen LogP contribution is -2.38. The number of aliphatic carboxylic acids is 1. The largest absolute Gasteiger partial charge is 0.479 e. The van der Waals surface area contributed by atoms with Crippen LogP contribution in [0.1, 0.15) is 38.7 Å². The molecule has 170 valence electrons. The van der Waals surface area contributed by atoms with Crippen LogP contribution in [0.25, 0.3) is 11.3 Å². The van der Waals surface area contributed by atoms with Crippen LogP contribution >= 0.6 is 12.4 Å². The van der Waals surface area contributed by atoms with Gasteiger partial charge in [-0.15, -0.1) is 12.4 Å². The summed E-state index contributed by atoms with van der Waals surface area (Å²) in [6, 6.07) is 12.9. The van der Waals surface area contributed by atoms with Crippen molar-refractivity contribution in [3.05, 3.63) is 48.0 Å².